The minimum Gasteiger partial charge on any atom is -0.491 e. The molecule has 1 atom stereocenters. The third-order valence-electron chi connectivity index (χ3n) is 3.49. The second kappa shape index (κ2) is 9.00. The number of rotatable bonds is 7. The van der Waals surface area contributed by atoms with Crippen molar-refractivity contribution in [3.05, 3.63) is 58.6 Å². The van der Waals surface area contributed by atoms with Gasteiger partial charge in [0.25, 0.3) is 0 Å². The van der Waals surface area contributed by atoms with Crippen LogP contribution in [-0.4, -0.2) is 24.3 Å². The number of thioether (sulfide) groups is 1. The third-order valence-corrected chi connectivity index (χ3v) is 4.85. The predicted molar refractivity (Wildman–Crippen MR) is 101 cm³/mol. The van der Waals surface area contributed by atoms with Crippen LogP contribution in [0.25, 0.3) is 0 Å². The summed E-state index contributed by atoms with van der Waals surface area (Å²) in [7, 11) is 0. The number of amides is 1. The first-order valence-electron chi connectivity index (χ1n) is 7.85. The van der Waals surface area contributed by atoms with Gasteiger partial charge in [0.15, 0.2) is 0 Å². The summed E-state index contributed by atoms with van der Waals surface area (Å²) < 4.78 is 5.72. The highest BCUT2D eigenvalue weighted by Crippen LogP contribution is 2.24. The predicted octanol–water partition coefficient (Wildman–Crippen LogP) is 4.63. The van der Waals surface area contributed by atoms with Crippen molar-refractivity contribution in [1.82, 2.24) is 5.32 Å². The lowest BCUT2D eigenvalue weighted by molar-refractivity contribution is -0.120. The van der Waals surface area contributed by atoms with E-state index in [2.05, 4.69) is 18.3 Å². The lowest BCUT2D eigenvalue weighted by Crippen LogP contribution is -2.34. The zero-order valence-electron chi connectivity index (χ0n) is 14.1. The Kier molecular flexibility index (Phi) is 7.00. The van der Waals surface area contributed by atoms with Gasteiger partial charge in [-0.15, -0.1) is 11.8 Å². The van der Waals surface area contributed by atoms with Gasteiger partial charge in [0, 0.05) is 9.92 Å². The van der Waals surface area contributed by atoms with Crippen LogP contribution in [-0.2, 0) is 4.79 Å². The van der Waals surface area contributed by atoms with Crippen LogP contribution in [0, 0.1) is 13.8 Å². The Hall–Kier alpha value is -1.65. The third kappa shape index (κ3) is 5.77. The molecule has 0 aliphatic heterocycles. The molecule has 0 bridgehead atoms. The largest absolute Gasteiger partial charge is 0.491 e. The summed E-state index contributed by atoms with van der Waals surface area (Å²) in [4.78, 5) is 13.1. The Balaban J connectivity index is 1.73. The molecule has 0 radical (unpaired) electrons. The first-order chi connectivity index (χ1) is 11.5. The minimum absolute atomic E-state index is 0.000761. The molecular formula is C19H22ClNO2S. The van der Waals surface area contributed by atoms with Crippen LogP contribution >= 0.6 is 23.4 Å². The van der Waals surface area contributed by atoms with Crippen LogP contribution in [0.5, 0.6) is 5.75 Å². The van der Waals surface area contributed by atoms with E-state index in [1.165, 1.54) is 17.3 Å². The normalized spacial score (nSPS) is 11.8. The first kappa shape index (κ1) is 18.7. The van der Waals surface area contributed by atoms with E-state index < -0.39 is 0 Å². The van der Waals surface area contributed by atoms with Crippen LogP contribution in [0.2, 0.25) is 5.02 Å². The van der Waals surface area contributed by atoms with E-state index in [1.54, 1.807) is 0 Å². The smallest absolute Gasteiger partial charge is 0.233 e. The maximum atomic E-state index is 12.1. The lowest BCUT2D eigenvalue weighted by Gasteiger charge is -2.13. The molecular weight excluding hydrogens is 342 g/mol. The van der Waals surface area contributed by atoms with Crippen molar-refractivity contribution in [2.75, 3.05) is 13.2 Å². The zero-order valence-corrected chi connectivity index (χ0v) is 15.7. The van der Waals surface area contributed by atoms with Gasteiger partial charge in [0.1, 0.15) is 12.4 Å². The number of carbonyl (C=O) groups is 1. The van der Waals surface area contributed by atoms with Crippen molar-refractivity contribution in [2.24, 2.45) is 0 Å². The highest BCUT2D eigenvalue weighted by atomic mass is 35.5. The van der Waals surface area contributed by atoms with Crippen molar-refractivity contribution in [2.45, 2.75) is 30.9 Å². The maximum Gasteiger partial charge on any atom is 0.233 e. The average molecular weight is 364 g/mol. The van der Waals surface area contributed by atoms with E-state index in [9.17, 15) is 4.79 Å². The van der Waals surface area contributed by atoms with E-state index in [-0.39, 0.29) is 11.2 Å². The van der Waals surface area contributed by atoms with Crippen molar-refractivity contribution in [1.29, 1.82) is 0 Å². The Labute approximate surface area is 152 Å². The van der Waals surface area contributed by atoms with Gasteiger partial charge in [-0.3, -0.25) is 4.79 Å². The number of ether oxygens (including phenoxy) is 1. The summed E-state index contributed by atoms with van der Waals surface area (Å²) in [6, 6.07) is 13.6. The molecule has 2 aromatic carbocycles. The van der Waals surface area contributed by atoms with E-state index >= 15 is 0 Å². The van der Waals surface area contributed by atoms with Gasteiger partial charge < -0.3 is 10.1 Å². The molecule has 0 fully saturated rings. The van der Waals surface area contributed by atoms with Crippen molar-refractivity contribution >= 4 is 29.3 Å². The molecule has 24 heavy (non-hydrogen) atoms. The summed E-state index contributed by atoms with van der Waals surface area (Å²) in [5.74, 6) is 0.859. The molecule has 1 amide bonds. The summed E-state index contributed by atoms with van der Waals surface area (Å²) in [5.41, 5.74) is 2.31. The monoisotopic (exact) mass is 363 g/mol. The highest BCUT2D eigenvalue weighted by Gasteiger charge is 2.13. The molecule has 0 aliphatic carbocycles. The SMILES string of the molecule is Cc1ccc(OCCNC(=O)C(C)Sc2ccc(Cl)cc2)c(C)c1. The molecule has 1 N–H and O–H groups in total. The van der Waals surface area contributed by atoms with Crippen LogP contribution in [0.1, 0.15) is 18.1 Å². The standard InChI is InChI=1S/C19H22ClNO2S/c1-13-4-9-18(14(2)12-13)23-11-10-21-19(22)15(3)24-17-7-5-16(20)6-8-17/h4-9,12,15H,10-11H2,1-3H3,(H,21,22). The zero-order chi connectivity index (χ0) is 17.5. The van der Waals surface area contributed by atoms with Gasteiger partial charge in [0.2, 0.25) is 5.91 Å². The first-order valence-corrected chi connectivity index (χ1v) is 9.11. The number of halogens is 1. The van der Waals surface area contributed by atoms with Crippen molar-refractivity contribution in [3.8, 4) is 5.75 Å². The van der Waals surface area contributed by atoms with Crippen LogP contribution in [0.4, 0.5) is 0 Å². The van der Waals surface area contributed by atoms with Crippen LogP contribution in [0.3, 0.4) is 0 Å². The molecule has 0 saturated carbocycles. The lowest BCUT2D eigenvalue weighted by atomic mass is 10.1. The molecule has 0 spiro atoms. The Morgan fingerprint density at radius 3 is 2.58 bits per heavy atom. The number of aryl methyl sites for hydroxylation is 2. The minimum atomic E-state index is -0.174. The van der Waals surface area contributed by atoms with Crippen LogP contribution < -0.4 is 10.1 Å². The second-order valence-electron chi connectivity index (χ2n) is 5.62. The second-order valence-corrected chi connectivity index (χ2v) is 7.47. The molecule has 2 rings (SSSR count). The fourth-order valence-corrected chi connectivity index (χ4v) is 3.23. The fraction of sp³-hybridized carbons (Fsp3) is 0.316. The molecule has 3 nitrogen and oxygen atoms in total. The van der Waals surface area contributed by atoms with E-state index in [0.29, 0.717) is 18.2 Å². The Bertz CT molecular complexity index is 688. The van der Waals surface area contributed by atoms with Gasteiger partial charge in [-0.1, -0.05) is 29.3 Å². The van der Waals surface area contributed by atoms with Crippen molar-refractivity contribution in [3.63, 3.8) is 0 Å². The summed E-state index contributed by atoms with van der Waals surface area (Å²) in [5, 5.41) is 3.42. The summed E-state index contributed by atoms with van der Waals surface area (Å²) in [6.07, 6.45) is 0. The number of hydrogen-bond donors (Lipinski definition) is 1. The fourth-order valence-electron chi connectivity index (χ4n) is 2.21. The van der Waals surface area contributed by atoms with Crippen molar-refractivity contribution < 1.29 is 9.53 Å². The molecule has 128 valence electrons. The molecule has 1 unspecified atom stereocenters. The van der Waals surface area contributed by atoms with Gasteiger partial charge in [-0.2, -0.15) is 0 Å². The number of nitrogens with one attached hydrogen (secondary N) is 1. The molecule has 5 heteroatoms. The van der Waals surface area contributed by atoms with Gasteiger partial charge in [-0.05, 0) is 56.7 Å². The summed E-state index contributed by atoms with van der Waals surface area (Å²) >= 11 is 7.37. The molecule has 0 saturated heterocycles. The molecule has 0 heterocycles. The molecule has 0 aliphatic rings. The van der Waals surface area contributed by atoms with Gasteiger partial charge in [0.05, 0.1) is 11.8 Å². The average Bonchev–Trinajstić information content (AvgIpc) is 2.55. The van der Waals surface area contributed by atoms with Gasteiger partial charge in [-0.25, -0.2) is 0 Å². The number of carbonyl (C=O) groups excluding carboxylic acids is 1. The van der Waals surface area contributed by atoms with Crippen LogP contribution in [0.15, 0.2) is 47.4 Å². The number of hydrogen-bond acceptors (Lipinski definition) is 3. The quantitative estimate of drug-likeness (QED) is 0.575. The highest BCUT2D eigenvalue weighted by molar-refractivity contribution is 8.00. The topological polar surface area (TPSA) is 38.3 Å². The molecule has 2 aromatic rings. The van der Waals surface area contributed by atoms with E-state index in [1.807, 2.05) is 50.2 Å². The number of benzene rings is 2. The maximum absolute atomic E-state index is 12.1. The van der Waals surface area contributed by atoms with E-state index in [4.69, 9.17) is 16.3 Å². The van der Waals surface area contributed by atoms with Gasteiger partial charge >= 0.3 is 0 Å². The Morgan fingerprint density at radius 2 is 1.92 bits per heavy atom. The summed E-state index contributed by atoms with van der Waals surface area (Å²) in [6.45, 7) is 6.90. The molecule has 0 aromatic heterocycles. The van der Waals surface area contributed by atoms with E-state index in [0.717, 1.165) is 16.2 Å². The Morgan fingerprint density at radius 1 is 1.21 bits per heavy atom.